The number of nitrogens with zero attached hydrogens (tertiary/aromatic N) is 3. The van der Waals surface area contributed by atoms with Crippen molar-refractivity contribution in [2.45, 2.75) is 33.2 Å². The maximum absolute atomic E-state index is 12.5. The lowest BCUT2D eigenvalue weighted by atomic mass is 10.1. The van der Waals surface area contributed by atoms with Crippen molar-refractivity contribution in [1.29, 1.82) is 0 Å². The Bertz CT molecular complexity index is 947. The number of imidazole rings is 1. The lowest BCUT2D eigenvalue weighted by Gasteiger charge is -2.25. The molecule has 1 aromatic heterocycles. The molecular weight excluding hydrogens is 372 g/mol. The fourth-order valence-corrected chi connectivity index (χ4v) is 3.20. The number of carbonyl (C=O) groups excluding carboxylic acids is 3. The predicted octanol–water partition coefficient (Wildman–Crippen LogP) is 1.93. The first-order valence-electron chi connectivity index (χ1n) is 9.43. The van der Waals surface area contributed by atoms with Crippen LogP contribution in [-0.2, 0) is 20.9 Å². The molecule has 1 aliphatic heterocycles. The second-order valence-corrected chi connectivity index (χ2v) is 7.04. The number of benzene rings is 1. The van der Waals surface area contributed by atoms with Crippen molar-refractivity contribution in [3.05, 3.63) is 53.7 Å². The monoisotopic (exact) mass is 396 g/mol. The standard InChI is InChI=1S/C21H24N4O4/c1-14(2)20-17(11-18-21(28)25(15(3)26)12-19(27)23-18)22-13-24(20)9-10-29-16-7-5-4-6-8-16/h4-8,11,13-14H,9-10,12H2,1-3H3,(H,23,27)/b18-11-. The van der Waals surface area contributed by atoms with Crippen molar-refractivity contribution < 1.29 is 19.1 Å². The fourth-order valence-electron chi connectivity index (χ4n) is 3.20. The summed E-state index contributed by atoms with van der Waals surface area (Å²) in [4.78, 5) is 41.3. The molecule has 2 aromatic rings. The number of nitrogens with one attached hydrogen (secondary N) is 1. The number of imide groups is 1. The van der Waals surface area contributed by atoms with E-state index in [4.69, 9.17) is 4.74 Å². The molecule has 8 nitrogen and oxygen atoms in total. The van der Waals surface area contributed by atoms with Crippen LogP contribution >= 0.6 is 0 Å². The zero-order valence-electron chi connectivity index (χ0n) is 16.7. The third-order valence-corrected chi connectivity index (χ3v) is 4.51. The number of aromatic nitrogens is 2. The summed E-state index contributed by atoms with van der Waals surface area (Å²) in [5.74, 6) is -0.495. The Morgan fingerprint density at radius 3 is 2.66 bits per heavy atom. The van der Waals surface area contributed by atoms with E-state index in [2.05, 4.69) is 10.3 Å². The number of carbonyl (C=O) groups is 3. The van der Waals surface area contributed by atoms with Crippen LogP contribution in [-0.4, -0.2) is 45.3 Å². The SMILES string of the molecule is CC(=O)N1CC(=O)N/C(=C\c2ncn(CCOc3ccccc3)c2C(C)C)C1=O. The summed E-state index contributed by atoms with van der Waals surface area (Å²) < 4.78 is 7.73. The number of hydrogen-bond acceptors (Lipinski definition) is 5. The van der Waals surface area contributed by atoms with Crippen molar-refractivity contribution in [2.75, 3.05) is 13.2 Å². The number of amides is 3. The summed E-state index contributed by atoms with van der Waals surface area (Å²) in [5.41, 5.74) is 1.54. The lowest BCUT2D eigenvalue weighted by Crippen LogP contribution is -2.51. The van der Waals surface area contributed by atoms with Crippen LogP contribution in [0.15, 0.2) is 42.4 Å². The van der Waals surface area contributed by atoms with Crippen LogP contribution in [0.1, 0.15) is 38.1 Å². The molecule has 1 aromatic carbocycles. The molecule has 0 bridgehead atoms. The summed E-state index contributed by atoms with van der Waals surface area (Å²) in [6.45, 7) is 6.08. The molecule has 0 radical (unpaired) electrons. The quantitative estimate of drug-likeness (QED) is 0.753. The highest BCUT2D eigenvalue weighted by atomic mass is 16.5. The Hall–Kier alpha value is -3.42. The summed E-state index contributed by atoms with van der Waals surface area (Å²) in [7, 11) is 0. The van der Waals surface area contributed by atoms with Crippen LogP contribution in [0, 0.1) is 0 Å². The van der Waals surface area contributed by atoms with E-state index in [0.717, 1.165) is 16.3 Å². The summed E-state index contributed by atoms with van der Waals surface area (Å²) >= 11 is 0. The van der Waals surface area contributed by atoms with Gasteiger partial charge in [-0.05, 0) is 24.1 Å². The van der Waals surface area contributed by atoms with Gasteiger partial charge in [-0.25, -0.2) is 4.98 Å². The van der Waals surface area contributed by atoms with Crippen LogP contribution in [0.5, 0.6) is 5.75 Å². The topological polar surface area (TPSA) is 93.5 Å². The molecule has 1 aliphatic rings. The fraction of sp³-hybridized carbons (Fsp3) is 0.333. The highest BCUT2D eigenvalue weighted by Crippen LogP contribution is 2.22. The number of piperazine rings is 1. The molecule has 2 heterocycles. The summed E-state index contributed by atoms with van der Waals surface area (Å²) in [5, 5.41) is 2.54. The van der Waals surface area contributed by atoms with Crippen molar-refractivity contribution in [1.82, 2.24) is 19.8 Å². The zero-order valence-corrected chi connectivity index (χ0v) is 16.7. The van der Waals surface area contributed by atoms with E-state index in [1.165, 1.54) is 13.0 Å². The first-order chi connectivity index (χ1) is 13.9. The van der Waals surface area contributed by atoms with Gasteiger partial charge in [0.25, 0.3) is 5.91 Å². The minimum absolute atomic E-state index is 0.0455. The lowest BCUT2D eigenvalue weighted by molar-refractivity contribution is -0.147. The second-order valence-electron chi connectivity index (χ2n) is 7.04. The maximum Gasteiger partial charge on any atom is 0.277 e. The van der Waals surface area contributed by atoms with E-state index < -0.39 is 17.7 Å². The first-order valence-corrected chi connectivity index (χ1v) is 9.43. The van der Waals surface area contributed by atoms with Gasteiger partial charge >= 0.3 is 0 Å². The molecular formula is C21H24N4O4. The Kier molecular flexibility index (Phi) is 6.11. The van der Waals surface area contributed by atoms with Gasteiger partial charge < -0.3 is 14.6 Å². The largest absolute Gasteiger partial charge is 0.492 e. The van der Waals surface area contributed by atoms with Crippen LogP contribution in [0.2, 0.25) is 0 Å². The normalized spacial score (nSPS) is 15.7. The molecule has 1 saturated heterocycles. The Labute approximate surface area is 169 Å². The molecule has 152 valence electrons. The molecule has 1 fully saturated rings. The van der Waals surface area contributed by atoms with E-state index in [9.17, 15) is 14.4 Å². The molecule has 0 aliphatic carbocycles. The van der Waals surface area contributed by atoms with Gasteiger partial charge in [0.05, 0.1) is 18.6 Å². The van der Waals surface area contributed by atoms with Gasteiger partial charge in [-0.2, -0.15) is 0 Å². The molecule has 0 atom stereocenters. The summed E-state index contributed by atoms with van der Waals surface area (Å²) in [6.07, 6.45) is 3.22. The molecule has 0 saturated carbocycles. The highest BCUT2D eigenvalue weighted by molar-refractivity contribution is 6.12. The molecule has 0 spiro atoms. The molecule has 8 heteroatoms. The molecule has 1 N–H and O–H groups in total. The van der Waals surface area contributed by atoms with Crippen molar-refractivity contribution in [2.24, 2.45) is 0 Å². The molecule has 0 unspecified atom stereocenters. The summed E-state index contributed by atoms with van der Waals surface area (Å²) in [6, 6.07) is 9.54. The van der Waals surface area contributed by atoms with E-state index >= 15 is 0 Å². The van der Waals surface area contributed by atoms with Crippen molar-refractivity contribution in [3.8, 4) is 5.75 Å². The average molecular weight is 396 g/mol. The van der Waals surface area contributed by atoms with Crippen LogP contribution in [0.25, 0.3) is 6.08 Å². The Morgan fingerprint density at radius 2 is 2.00 bits per heavy atom. The highest BCUT2D eigenvalue weighted by Gasteiger charge is 2.31. The maximum atomic E-state index is 12.5. The van der Waals surface area contributed by atoms with Crippen LogP contribution in [0.3, 0.4) is 0 Å². The van der Waals surface area contributed by atoms with Crippen LogP contribution in [0.4, 0.5) is 0 Å². The van der Waals surface area contributed by atoms with Gasteiger partial charge in [0.15, 0.2) is 0 Å². The minimum atomic E-state index is -0.534. The first kappa shape index (κ1) is 20.3. The number of hydrogen-bond donors (Lipinski definition) is 1. The van der Waals surface area contributed by atoms with E-state index in [1.807, 2.05) is 48.7 Å². The average Bonchev–Trinajstić information content (AvgIpc) is 3.07. The third kappa shape index (κ3) is 4.71. The number of rotatable bonds is 6. The van der Waals surface area contributed by atoms with Gasteiger partial charge in [0.2, 0.25) is 11.8 Å². The van der Waals surface area contributed by atoms with Crippen molar-refractivity contribution >= 4 is 23.8 Å². The Morgan fingerprint density at radius 1 is 1.28 bits per heavy atom. The van der Waals surface area contributed by atoms with Gasteiger partial charge in [-0.1, -0.05) is 32.0 Å². The van der Waals surface area contributed by atoms with Crippen molar-refractivity contribution in [3.63, 3.8) is 0 Å². The molecule has 29 heavy (non-hydrogen) atoms. The van der Waals surface area contributed by atoms with Gasteiger partial charge in [0.1, 0.15) is 24.6 Å². The van der Waals surface area contributed by atoms with Gasteiger partial charge in [0, 0.05) is 12.6 Å². The molecule has 3 rings (SSSR count). The molecule has 3 amide bonds. The van der Waals surface area contributed by atoms with Crippen LogP contribution < -0.4 is 10.1 Å². The minimum Gasteiger partial charge on any atom is -0.492 e. The van der Waals surface area contributed by atoms with E-state index in [-0.39, 0.29) is 18.2 Å². The second kappa shape index (κ2) is 8.72. The smallest absolute Gasteiger partial charge is 0.277 e. The van der Waals surface area contributed by atoms with Gasteiger partial charge in [-0.3, -0.25) is 19.3 Å². The third-order valence-electron chi connectivity index (χ3n) is 4.51. The van der Waals surface area contributed by atoms with Gasteiger partial charge in [-0.15, -0.1) is 0 Å². The number of para-hydroxylation sites is 1. The zero-order chi connectivity index (χ0) is 21.0. The Balaban J connectivity index is 1.80. The number of ether oxygens (including phenoxy) is 1. The predicted molar refractivity (Wildman–Crippen MR) is 107 cm³/mol. The van der Waals surface area contributed by atoms with E-state index in [1.54, 1.807) is 6.33 Å². The van der Waals surface area contributed by atoms with E-state index in [0.29, 0.717) is 18.8 Å².